The molecule has 1 aromatic carbocycles. The van der Waals surface area contributed by atoms with Gasteiger partial charge in [-0.05, 0) is 6.07 Å². The minimum atomic E-state index is -4.79. The Morgan fingerprint density at radius 3 is 2.41 bits per heavy atom. The Balaban J connectivity index is 2.64. The maximum absolute atomic E-state index is 12.0. The third-order valence-electron chi connectivity index (χ3n) is 1.81. The summed E-state index contributed by atoms with van der Waals surface area (Å²) in [5.41, 5.74) is 0.172. The van der Waals surface area contributed by atoms with Gasteiger partial charge in [-0.3, -0.25) is 0 Å². The van der Waals surface area contributed by atoms with Crippen LogP contribution in [-0.2, 0) is 6.54 Å². The summed E-state index contributed by atoms with van der Waals surface area (Å²) in [5.74, 6) is -0.387. The summed E-state index contributed by atoms with van der Waals surface area (Å²) in [5, 5.41) is 2.33. The van der Waals surface area contributed by atoms with Crippen molar-refractivity contribution in [2.24, 2.45) is 0 Å². The number of alkyl halides is 5. The van der Waals surface area contributed by atoms with Crippen LogP contribution in [0.5, 0.6) is 5.75 Å². The van der Waals surface area contributed by atoms with E-state index in [1.807, 2.05) is 0 Å². The van der Waals surface area contributed by atoms with E-state index in [0.29, 0.717) is 0 Å². The predicted molar refractivity (Wildman–Crippen MR) is 50.8 cm³/mol. The molecule has 2 nitrogen and oxygen atoms in total. The molecule has 1 aromatic rings. The highest BCUT2D eigenvalue weighted by molar-refractivity contribution is 5.33. The smallest absolute Gasteiger partial charge is 0.405 e. The van der Waals surface area contributed by atoms with Gasteiger partial charge in [0, 0.05) is 12.1 Å². The zero-order chi connectivity index (χ0) is 12.9. The van der Waals surface area contributed by atoms with Crippen molar-refractivity contribution in [3.05, 3.63) is 29.8 Å². The largest absolute Gasteiger partial charge is 0.573 e. The Kier molecular flexibility index (Phi) is 4.68. The molecule has 0 radical (unpaired) electrons. The molecule has 0 saturated carbocycles. The van der Waals surface area contributed by atoms with Gasteiger partial charge in [0.1, 0.15) is 5.75 Å². The van der Waals surface area contributed by atoms with Crippen LogP contribution in [0.1, 0.15) is 5.56 Å². The first-order valence-corrected chi connectivity index (χ1v) is 4.71. The minimum absolute atomic E-state index is 0.114. The average molecular weight is 255 g/mol. The topological polar surface area (TPSA) is 21.3 Å². The van der Waals surface area contributed by atoms with Gasteiger partial charge in [0.05, 0.1) is 6.54 Å². The van der Waals surface area contributed by atoms with E-state index in [9.17, 15) is 22.0 Å². The van der Waals surface area contributed by atoms with Crippen molar-refractivity contribution in [3.8, 4) is 5.75 Å². The summed E-state index contributed by atoms with van der Waals surface area (Å²) in [7, 11) is 0. The molecule has 0 aliphatic heterocycles. The van der Waals surface area contributed by atoms with E-state index in [-0.39, 0.29) is 17.9 Å². The maximum Gasteiger partial charge on any atom is 0.573 e. The van der Waals surface area contributed by atoms with Crippen molar-refractivity contribution >= 4 is 0 Å². The molecule has 1 N–H and O–H groups in total. The quantitative estimate of drug-likeness (QED) is 0.817. The Bertz CT molecular complexity index is 353. The van der Waals surface area contributed by atoms with E-state index < -0.39 is 19.3 Å². The van der Waals surface area contributed by atoms with Gasteiger partial charge in [-0.1, -0.05) is 18.2 Å². The van der Waals surface area contributed by atoms with Crippen molar-refractivity contribution in [1.29, 1.82) is 0 Å². The molecule has 0 aliphatic rings. The van der Waals surface area contributed by atoms with Crippen LogP contribution in [0.2, 0.25) is 0 Å². The molecule has 7 heteroatoms. The summed E-state index contributed by atoms with van der Waals surface area (Å²) < 4.78 is 63.5. The fraction of sp³-hybridized carbons (Fsp3) is 0.400. The molecule has 0 saturated heterocycles. The lowest BCUT2D eigenvalue weighted by molar-refractivity contribution is -0.274. The van der Waals surface area contributed by atoms with Crippen LogP contribution in [0.25, 0.3) is 0 Å². The molecule has 0 aromatic heterocycles. The fourth-order valence-corrected chi connectivity index (χ4v) is 1.19. The number of rotatable bonds is 5. The number of benzene rings is 1. The number of hydrogen-bond acceptors (Lipinski definition) is 2. The molecule has 1 rings (SSSR count). The lowest BCUT2D eigenvalue weighted by Crippen LogP contribution is -2.22. The summed E-state index contributed by atoms with van der Waals surface area (Å²) >= 11 is 0. The van der Waals surface area contributed by atoms with Crippen LogP contribution in [0, 0.1) is 0 Å². The van der Waals surface area contributed by atoms with Gasteiger partial charge in [-0.25, -0.2) is 8.78 Å². The van der Waals surface area contributed by atoms with E-state index in [4.69, 9.17) is 0 Å². The van der Waals surface area contributed by atoms with E-state index in [2.05, 4.69) is 10.1 Å². The minimum Gasteiger partial charge on any atom is -0.405 e. The van der Waals surface area contributed by atoms with E-state index in [1.165, 1.54) is 18.2 Å². The highest BCUT2D eigenvalue weighted by atomic mass is 19.4. The number of halogens is 5. The van der Waals surface area contributed by atoms with Crippen LogP contribution in [0.3, 0.4) is 0 Å². The molecule has 0 heterocycles. The van der Waals surface area contributed by atoms with Gasteiger partial charge >= 0.3 is 6.36 Å². The highest BCUT2D eigenvalue weighted by Crippen LogP contribution is 2.25. The van der Waals surface area contributed by atoms with Crippen molar-refractivity contribution < 1.29 is 26.7 Å². The first-order chi connectivity index (χ1) is 7.88. The van der Waals surface area contributed by atoms with E-state index in [0.717, 1.165) is 6.07 Å². The number of para-hydroxylation sites is 1. The second kappa shape index (κ2) is 5.81. The first kappa shape index (κ1) is 13.7. The molecular weight excluding hydrogens is 245 g/mol. The summed E-state index contributed by atoms with van der Waals surface area (Å²) in [6.45, 7) is -0.697. The number of nitrogens with one attached hydrogen (secondary N) is 1. The molecule has 0 bridgehead atoms. The van der Waals surface area contributed by atoms with Crippen LogP contribution in [0.4, 0.5) is 22.0 Å². The standard InChI is InChI=1S/C10H10F5NO/c11-9(12)6-16-5-7-3-1-2-4-8(7)17-10(13,14)15/h1-4,9,16H,5-6H2. The van der Waals surface area contributed by atoms with Crippen LogP contribution < -0.4 is 10.1 Å². The van der Waals surface area contributed by atoms with E-state index >= 15 is 0 Å². The zero-order valence-electron chi connectivity index (χ0n) is 8.60. The third-order valence-corrected chi connectivity index (χ3v) is 1.81. The Morgan fingerprint density at radius 1 is 1.18 bits per heavy atom. The second-order valence-corrected chi connectivity index (χ2v) is 3.18. The average Bonchev–Trinajstić information content (AvgIpc) is 2.17. The lowest BCUT2D eigenvalue weighted by atomic mass is 10.2. The normalized spacial score (nSPS) is 11.9. The molecule has 0 spiro atoms. The Labute approximate surface area is 94.4 Å². The van der Waals surface area contributed by atoms with Crippen molar-refractivity contribution in [2.45, 2.75) is 19.3 Å². The SMILES string of the molecule is FC(F)CNCc1ccccc1OC(F)(F)F. The van der Waals surface area contributed by atoms with Crippen molar-refractivity contribution in [2.75, 3.05) is 6.54 Å². The van der Waals surface area contributed by atoms with Gasteiger partial charge < -0.3 is 10.1 Å². The second-order valence-electron chi connectivity index (χ2n) is 3.18. The monoisotopic (exact) mass is 255 g/mol. The summed E-state index contributed by atoms with van der Waals surface area (Å²) in [6, 6.07) is 5.38. The molecule has 0 amide bonds. The van der Waals surface area contributed by atoms with Crippen LogP contribution in [0.15, 0.2) is 24.3 Å². The predicted octanol–water partition coefficient (Wildman–Crippen LogP) is 2.94. The van der Waals surface area contributed by atoms with Gasteiger partial charge in [-0.2, -0.15) is 0 Å². The maximum atomic E-state index is 12.0. The van der Waals surface area contributed by atoms with Crippen LogP contribution in [-0.4, -0.2) is 19.3 Å². The number of ether oxygens (including phenoxy) is 1. The van der Waals surface area contributed by atoms with Crippen LogP contribution >= 0.6 is 0 Å². The zero-order valence-corrected chi connectivity index (χ0v) is 8.60. The molecule has 0 unspecified atom stereocenters. The van der Waals surface area contributed by atoms with E-state index in [1.54, 1.807) is 0 Å². The van der Waals surface area contributed by atoms with Gasteiger partial charge in [0.15, 0.2) is 0 Å². The van der Waals surface area contributed by atoms with Crippen molar-refractivity contribution in [3.63, 3.8) is 0 Å². The molecule has 0 fully saturated rings. The molecule has 0 atom stereocenters. The number of hydrogen-bond donors (Lipinski definition) is 1. The molecule has 17 heavy (non-hydrogen) atoms. The van der Waals surface area contributed by atoms with Gasteiger partial charge in [-0.15, -0.1) is 13.2 Å². The first-order valence-electron chi connectivity index (χ1n) is 4.71. The van der Waals surface area contributed by atoms with Gasteiger partial charge in [0.2, 0.25) is 0 Å². The van der Waals surface area contributed by atoms with Gasteiger partial charge in [0.25, 0.3) is 6.43 Å². The molecular formula is C10H10F5NO. The molecule has 96 valence electrons. The highest BCUT2D eigenvalue weighted by Gasteiger charge is 2.31. The Morgan fingerprint density at radius 2 is 1.82 bits per heavy atom. The lowest BCUT2D eigenvalue weighted by Gasteiger charge is -2.13. The fourth-order valence-electron chi connectivity index (χ4n) is 1.19. The third kappa shape index (κ3) is 5.48. The Hall–Kier alpha value is -1.37. The van der Waals surface area contributed by atoms with Crippen molar-refractivity contribution in [1.82, 2.24) is 5.32 Å². The summed E-state index contributed by atoms with van der Waals surface area (Å²) in [4.78, 5) is 0. The molecule has 0 aliphatic carbocycles. The summed E-state index contributed by atoms with van der Waals surface area (Å²) in [6.07, 6.45) is -7.34.